The van der Waals surface area contributed by atoms with E-state index in [1.165, 1.54) is 30.8 Å². The summed E-state index contributed by atoms with van der Waals surface area (Å²) in [5.74, 6) is 0.772. The van der Waals surface area contributed by atoms with E-state index in [0.717, 1.165) is 17.6 Å². The van der Waals surface area contributed by atoms with Crippen LogP contribution in [-0.2, 0) is 0 Å². The minimum absolute atomic E-state index is 0.772. The molecule has 70 valence electrons. The van der Waals surface area contributed by atoms with Crippen LogP contribution in [-0.4, -0.2) is 15.9 Å². The van der Waals surface area contributed by atoms with E-state index in [1.54, 1.807) is 6.33 Å². The lowest BCUT2D eigenvalue weighted by Gasteiger charge is -2.17. The molecular weight excluding hydrogens is 182 g/mol. The van der Waals surface area contributed by atoms with Crippen LogP contribution < -0.4 is 5.32 Å². The largest absolute Gasteiger partial charge is 0.360 e. The smallest absolute Gasteiger partial charge is 0.202 e. The molecule has 0 aromatic carbocycles. The van der Waals surface area contributed by atoms with E-state index in [9.17, 15) is 0 Å². The van der Waals surface area contributed by atoms with Crippen molar-refractivity contribution in [2.75, 3.05) is 11.9 Å². The van der Waals surface area contributed by atoms with E-state index in [4.69, 9.17) is 0 Å². The van der Waals surface area contributed by atoms with Gasteiger partial charge in [-0.25, -0.2) is 4.98 Å². The number of aromatic nitrogens is 2. The first-order chi connectivity index (χ1) is 6.45. The van der Waals surface area contributed by atoms with Crippen molar-refractivity contribution in [1.82, 2.24) is 9.36 Å². The molecular formula is C9H13N3S. The van der Waals surface area contributed by atoms with Gasteiger partial charge >= 0.3 is 0 Å². The van der Waals surface area contributed by atoms with Crippen LogP contribution in [0.4, 0.5) is 5.13 Å². The van der Waals surface area contributed by atoms with Gasteiger partial charge in [-0.3, -0.25) is 0 Å². The molecule has 0 saturated carbocycles. The van der Waals surface area contributed by atoms with Crippen molar-refractivity contribution in [2.24, 2.45) is 5.92 Å². The van der Waals surface area contributed by atoms with E-state index >= 15 is 0 Å². The topological polar surface area (TPSA) is 37.8 Å². The number of hydrogen-bond acceptors (Lipinski definition) is 4. The fourth-order valence-corrected chi connectivity index (χ4v) is 1.96. The number of rotatable bonds is 3. The molecule has 1 atom stereocenters. The van der Waals surface area contributed by atoms with Gasteiger partial charge < -0.3 is 5.32 Å². The van der Waals surface area contributed by atoms with Crippen LogP contribution in [0.1, 0.15) is 19.3 Å². The average molecular weight is 195 g/mol. The Kier molecular flexibility index (Phi) is 2.92. The minimum atomic E-state index is 0.772. The predicted molar refractivity (Wildman–Crippen MR) is 54.9 cm³/mol. The van der Waals surface area contributed by atoms with Crippen LogP contribution in [0.2, 0.25) is 0 Å². The molecule has 1 unspecified atom stereocenters. The number of anilines is 1. The third-order valence-electron chi connectivity index (χ3n) is 2.28. The Hall–Kier alpha value is -0.900. The van der Waals surface area contributed by atoms with Gasteiger partial charge in [-0.2, -0.15) is 4.37 Å². The third kappa shape index (κ3) is 2.52. The van der Waals surface area contributed by atoms with Crippen molar-refractivity contribution in [3.63, 3.8) is 0 Å². The van der Waals surface area contributed by atoms with Gasteiger partial charge in [-0.1, -0.05) is 12.2 Å². The molecule has 0 aliphatic heterocycles. The second kappa shape index (κ2) is 4.37. The molecule has 0 radical (unpaired) electrons. The van der Waals surface area contributed by atoms with Gasteiger partial charge in [0.1, 0.15) is 6.33 Å². The van der Waals surface area contributed by atoms with Gasteiger partial charge in [-0.15, -0.1) is 0 Å². The zero-order valence-electron chi connectivity index (χ0n) is 7.44. The molecule has 0 saturated heterocycles. The number of hydrogen-bond donors (Lipinski definition) is 1. The van der Waals surface area contributed by atoms with Crippen molar-refractivity contribution < 1.29 is 0 Å². The van der Waals surface area contributed by atoms with Crippen molar-refractivity contribution in [2.45, 2.75) is 19.3 Å². The quantitative estimate of drug-likeness (QED) is 0.752. The van der Waals surface area contributed by atoms with Crippen molar-refractivity contribution in [3.05, 3.63) is 18.5 Å². The lowest BCUT2D eigenvalue weighted by Crippen LogP contribution is -2.15. The lowest BCUT2D eigenvalue weighted by atomic mass is 9.95. The molecule has 0 fully saturated rings. The van der Waals surface area contributed by atoms with Crippen LogP contribution in [0.3, 0.4) is 0 Å². The minimum Gasteiger partial charge on any atom is -0.360 e. The molecule has 1 N–H and O–H groups in total. The number of allylic oxidation sites excluding steroid dienone is 2. The summed E-state index contributed by atoms with van der Waals surface area (Å²) in [5.41, 5.74) is 0. The first-order valence-corrected chi connectivity index (χ1v) is 5.38. The molecule has 1 aromatic rings. The molecule has 3 nitrogen and oxygen atoms in total. The van der Waals surface area contributed by atoms with Gasteiger partial charge in [-0.05, 0) is 25.2 Å². The number of nitrogens with zero attached hydrogens (tertiary/aromatic N) is 2. The Labute approximate surface area is 82.1 Å². The summed E-state index contributed by atoms with van der Waals surface area (Å²) in [6.07, 6.45) is 9.85. The van der Waals surface area contributed by atoms with Gasteiger partial charge in [0.2, 0.25) is 5.13 Å². The average Bonchev–Trinajstić information content (AvgIpc) is 2.69. The monoisotopic (exact) mass is 195 g/mol. The summed E-state index contributed by atoms with van der Waals surface area (Å²) < 4.78 is 3.94. The highest BCUT2D eigenvalue weighted by molar-refractivity contribution is 7.09. The molecule has 0 amide bonds. The molecule has 1 aromatic heterocycles. The van der Waals surface area contributed by atoms with E-state index in [-0.39, 0.29) is 0 Å². The van der Waals surface area contributed by atoms with Crippen LogP contribution in [0, 0.1) is 5.92 Å². The van der Waals surface area contributed by atoms with E-state index in [1.807, 2.05) is 0 Å². The maximum Gasteiger partial charge on any atom is 0.202 e. The normalized spacial score (nSPS) is 21.7. The molecule has 4 heteroatoms. The fourth-order valence-electron chi connectivity index (χ4n) is 1.52. The molecule has 0 spiro atoms. The zero-order chi connectivity index (χ0) is 8.93. The molecule has 0 bridgehead atoms. The fraction of sp³-hybridized carbons (Fsp3) is 0.556. The highest BCUT2D eigenvalue weighted by atomic mass is 32.1. The molecule has 1 aliphatic carbocycles. The molecule has 13 heavy (non-hydrogen) atoms. The van der Waals surface area contributed by atoms with Gasteiger partial charge in [0.05, 0.1) is 0 Å². The SMILES string of the molecule is C1=CCC(CNc2ncns2)CC1. The highest BCUT2D eigenvalue weighted by Gasteiger charge is 2.09. The maximum absolute atomic E-state index is 4.08. The highest BCUT2D eigenvalue weighted by Crippen LogP contribution is 2.18. The van der Waals surface area contributed by atoms with E-state index < -0.39 is 0 Å². The van der Waals surface area contributed by atoms with Gasteiger partial charge in [0.25, 0.3) is 0 Å². The summed E-state index contributed by atoms with van der Waals surface area (Å²) in [7, 11) is 0. The summed E-state index contributed by atoms with van der Waals surface area (Å²) in [6.45, 7) is 1.03. The van der Waals surface area contributed by atoms with Crippen molar-refractivity contribution >= 4 is 16.7 Å². The second-order valence-corrected chi connectivity index (χ2v) is 4.06. The lowest BCUT2D eigenvalue weighted by molar-refractivity contribution is 0.504. The van der Waals surface area contributed by atoms with Crippen molar-refractivity contribution in [3.8, 4) is 0 Å². The van der Waals surface area contributed by atoms with Crippen LogP contribution >= 0.6 is 11.5 Å². The standard InChI is InChI=1S/C9H13N3S/c1-2-4-8(5-3-1)6-10-9-11-7-12-13-9/h1-2,7-8H,3-6H2,(H,10,11,12). The Balaban J connectivity index is 1.76. The first kappa shape index (κ1) is 8.69. The zero-order valence-corrected chi connectivity index (χ0v) is 8.26. The maximum atomic E-state index is 4.08. The number of nitrogens with one attached hydrogen (secondary N) is 1. The Morgan fingerprint density at radius 1 is 1.54 bits per heavy atom. The Morgan fingerprint density at radius 2 is 2.54 bits per heavy atom. The van der Waals surface area contributed by atoms with Gasteiger partial charge in [0.15, 0.2) is 0 Å². The molecule has 1 heterocycles. The summed E-state index contributed by atoms with van der Waals surface area (Å²) in [4.78, 5) is 4.08. The Bertz CT molecular complexity index is 268. The van der Waals surface area contributed by atoms with Gasteiger partial charge in [0, 0.05) is 18.1 Å². The molecule has 1 aliphatic rings. The predicted octanol–water partition coefficient (Wildman–Crippen LogP) is 2.31. The molecule has 2 rings (SSSR count). The van der Waals surface area contributed by atoms with E-state index in [2.05, 4.69) is 26.8 Å². The summed E-state index contributed by atoms with van der Waals surface area (Å²) >= 11 is 1.42. The van der Waals surface area contributed by atoms with E-state index in [0.29, 0.717) is 0 Å². The summed E-state index contributed by atoms with van der Waals surface area (Å²) in [6, 6.07) is 0. The Morgan fingerprint density at radius 3 is 3.23 bits per heavy atom. The third-order valence-corrected chi connectivity index (χ3v) is 2.90. The first-order valence-electron chi connectivity index (χ1n) is 4.60. The summed E-state index contributed by atoms with van der Waals surface area (Å²) in [5, 5.41) is 4.24. The van der Waals surface area contributed by atoms with Crippen LogP contribution in [0.25, 0.3) is 0 Å². The van der Waals surface area contributed by atoms with Crippen LogP contribution in [0.5, 0.6) is 0 Å². The van der Waals surface area contributed by atoms with Crippen LogP contribution in [0.15, 0.2) is 18.5 Å². The second-order valence-electron chi connectivity index (χ2n) is 3.28. The van der Waals surface area contributed by atoms with Crippen molar-refractivity contribution in [1.29, 1.82) is 0 Å².